The van der Waals surface area contributed by atoms with Gasteiger partial charge < -0.3 is 0 Å². The van der Waals surface area contributed by atoms with E-state index >= 15 is 0 Å². The van der Waals surface area contributed by atoms with Crippen LogP contribution in [0.25, 0.3) is 0 Å². The number of aromatic nitrogens is 1. The minimum absolute atomic E-state index is 0.0921. The standard InChI is InChI=1S/C12H8BrN3O2S/c13-12-6-3-10(8-15-12)16-19(17,18)11-4-1-9(7-14)2-5-11/h1-6,8,16H. The Morgan fingerprint density at radius 2 is 1.84 bits per heavy atom. The minimum atomic E-state index is -3.67. The van der Waals surface area contributed by atoms with Crippen molar-refractivity contribution >= 4 is 31.6 Å². The van der Waals surface area contributed by atoms with Gasteiger partial charge in [0.1, 0.15) is 4.60 Å². The molecular formula is C12H8BrN3O2S. The summed E-state index contributed by atoms with van der Waals surface area (Å²) in [6.07, 6.45) is 1.41. The number of hydrogen-bond donors (Lipinski definition) is 1. The van der Waals surface area contributed by atoms with Crippen molar-refractivity contribution in [3.05, 3.63) is 52.8 Å². The lowest BCUT2D eigenvalue weighted by Gasteiger charge is -2.07. The Morgan fingerprint density at radius 1 is 1.16 bits per heavy atom. The fourth-order valence-corrected chi connectivity index (χ4v) is 2.64. The first kappa shape index (κ1) is 13.5. The van der Waals surface area contributed by atoms with Crippen molar-refractivity contribution in [1.82, 2.24) is 4.98 Å². The molecule has 2 aromatic rings. The first-order chi connectivity index (χ1) is 9.01. The van der Waals surface area contributed by atoms with E-state index in [1.165, 1.54) is 30.5 Å². The summed E-state index contributed by atoms with van der Waals surface area (Å²) in [5, 5.41) is 8.66. The van der Waals surface area contributed by atoms with E-state index in [2.05, 4.69) is 25.6 Å². The molecule has 0 bridgehead atoms. The van der Waals surface area contributed by atoms with Gasteiger partial charge in [-0.1, -0.05) is 0 Å². The van der Waals surface area contributed by atoms with Gasteiger partial charge in [-0.25, -0.2) is 13.4 Å². The lowest BCUT2D eigenvalue weighted by Crippen LogP contribution is -2.13. The maximum absolute atomic E-state index is 12.1. The summed E-state index contributed by atoms with van der Waals surface area (Å²) < 4.78 is 27.1. The predicted octanol–water partition coefficient (Wildman–Crippen LogP) is 2.52. The lowest BCUT2D eigenvalue weighted by atomic mass is 10.2. The highest BCUT2D eigenvalue weighted by Crippen LogP contribution is 2.17. The van der Waals surface area contributed by atoms with Crippen LogP contribution in [-0.4, -0.2) is 13.4 Å². The van der Waals surface area contributed by atoms with E-state index in [-0.39, 0.29) is 4.90 Å². The molecule has 0 unspecified atom stereocenters. The number of sulfonamides is 1. The van der Waals surface area contributed by atoms with Gasteiger partial charge in [0.05, 0.1) is 28.4 Å². The zero-order chi connectivity index (χ0) is 13.9. The molecule has 0 spiro atoms. The van der Waals surface area contributed by atoms with Crippen LogP contribution in [0.3, 0.4) is 0 Å². The number of nitrogens with one attached hydrogen (secondary N) is 1. The molecule has 0 aliphatic heterocycles. The molecule has 0 saturated carbocycles. The normalized spacial score (nSPS) is 10.7. The van der Waals surface area contributed by atoms with E-state index in [0.717, 1.165) is 0 Å². The Bertz CT molecular complexity index is 719. The number of halogens is 1. The maximum Gasteiger partial charge on any atom is 0.261 e. The molecule has 0 fully saturated rings. The van der Waals surface area contributed by atoms with Crippen LogP contribution in [0.1, 0.15) is 5.56 Å². The minimum Gasteiger partial charge on any atom is -0.278 e. The van der Waals surface area contributed by atoms with Crippen LogP contribution in [0.15, 0.2) is 52.1 Å². The van der Waals surface area contributed by atoms with Gasteiger partial charge in [0, 0.05) is 0 Å². The Hall–Kier alpha value is -1.91. The van der Waals surface area contributed by atoms with Crippen LogP contribution in [0, 0.1) is 11.3 Å². The third-order valence-corrected chi connectivity index (χ3v) is 4.14. The number of rotatable bonds is 3. The molecule has 0 radical (unpaired) electrons. The van der Waals surface area contributed by atoms with Crippen molar-refractivity contribution in [2.24, 2.45) is 0 Å². The summed E-state index contributed by atoms with van der Waals surface area (Å²) >= 11 is 3.17. The Balaban J connectivity index is 2.27. The summed E-state index contributed by atoms with van der Waals surface area (Å²) in [5.74, 6) is 0. The van der Waals surface area contributed by atoms with Crippen molar-refractivity contribution < 1.29 is 8.42 Å². The molecule has 5 nitrogen and oxygen atoms in total. The van der Waals surface area contributed by atoms with Crippen molar-refractivity contribution in [3.63, 3.8) is 0 Å². The van der Waals surface area contributed by atoms with Gasteiger partial charge >= 0.3 is 0 Å². The van der Waals surface area contributed by atoms with Crippen molar-refractivity contribution in [2.75, 3.05) is 4.72 Å². The molecule has 7 heteroatoms. The molecular weight excluding hydrogens is 330 g/mol. The van der Waals surface area contributed by atoms with Gasteiger partial charge in [0.25, 0.3) is 10.0 Å². The SMILES string of the molecule is N#Cc1ccc(S(=O)(=O)Nc2ccc(Br)nc2)cc1. The third kappa shape index (κ3) is 3.30. The van der Waals surface area contributed by atoms with E-state index in [9.17, 15) is 8.42 Å². The van der Waals surface area contributed by atoms with Gasteiger partial charge in [-0.3, -0.25) is 4.72 Å². The summed E-state index contributed by atoms with van der Waals surface area (Å²) in [7, 11) is -3.67. The highest BCUT2D eigenvalue weighted by Gasteiger charge is 2.14. The molecule has 1 aromatic heterocycles. The molecule has 0 saturated heterocycles. The van der Waals surface area contributed by atoms with Crippen LogP contribution in [0.5, 0.6) is 0 Å². The van der Waals surface area contributed by atoms with E-state index in [0.29, 0.717) is 15.9 Å². The summed E-state index contributed by atoms with van der Waals surface area (Å²) in [6.45, 7) is 0. The lowest BCUT2D eigenvalue weighted by molar-refractivity contribution is 0.601. The molecule has 19 heavy (non-hydrogen) atoms. The molecule has 0 amide bonds. The first-order valence-electron chi connectivity index (χ1n) is 5.16. The second kappa shape index (κ2) is 5.38. The maximum atomic E-state index is 12.1. The van der Waals surface area contributed by atoms with Crippen LogP contribution in [0.2, 0.25) is 0 Å². The van der Waals surface area contributed by atoms with Crippen LogP contribution < -0.4 is 4.72 Å². The highest BCUT2D eigenvalue weighted by molar-refractivity contribution is 9.10. The summed E-state index contributed by atoms with van der Waals surface area (Å²) in [4.78, 5) is 4.02. The number of anilines is 1. The van der Waals surface area contributed by atoms with E-state index in [1.807, 2.05) is 6.07 Å². The molecule has 1 aromatic carbocycles. The van der Waals surface area contributed by atoms with Gasteiger partial charge in [0.2, 0.25) is 0 Å². The number of nitrogens with zero attached hydrogens (tertiary/aromatic N) is 2. The largest absolute Gasteiger partial charge is 0.278 e. The first-order valence-corrected chi connectivity index (χ1v) is 7.43. The van der Waals surface area contributed by atoms with E-state index < -0.39 is 10.0 Å². The van der Waals surface area contributed by atoms with Crippen molar-refractivity contribution in [3.8, 4) is 6.07 Å². The molecule has 0 aliphatic carbocycles. The average molecular weight is 338 g/mol. The molecule has 96 valence electrons. The Morgan fingerprint density at radius 3 is 2.37 bits per heavy atom. The van der Waals surface area contributed by atoms with Crippen LogP contribution in [0.4, 0.5) is 5.69 Å². The van der Waals surface area contributed by atoms with E-state index in [4.69, 9.17) is 5.26 Å². The zero-order valence-electron chi connectivity index (χ0n) is 9.54. The Labute approximate surface area is 119 Å². The van der Waals surface area contributed by atoms with Gasteiger partial charge in [-0.15, -0.1) is 0 Å². The van der Waals surface area contributed by atoms with Crippen molar-refractivity contribution in [2.45, 2.75) is 4.90 Å². The second-order valence-electron chi connectivity index (χ2n) is 3.61. The predicted molar refractivity (Wildman–Crippen MR) is 73.9 cm³/mol. The molecule has 2 rings (SSSR count). The molecule has 0 atom stereocenters. The van der Waals surface area contributed by atoms with Gasteiger partial charge in [0.15, 0.2) is 0 Å². The zero-order valence-corrected chi connectivity index (χ0v) is 11.9. The number of nitriles is 1. The fourth-order valence-electron chi connectivity index (χ4n) is 1.36. The highest BCUT2D eigenvalue weighted by atomic mass is 79.9. The van der Waals surface area contributed by atoms with E-state index in [1.54, 1.807) is 12.1 Å². The summed E-state index contributed by atoms with van der Waals surface area (Å²) in [5.41, 5.74) is 0.775. The van der Waals surface area contributed by atoms with Crippen molar-refractivity contribution in [1.29, 1.82) is 5.26 Å². The molecule has 1 N–H and O–H groups in total. The smallest absolute Gasteiger partial charge is 0.261 e. The monoisotopic (exact) mass is 337 g/mol. The summed E-state index contributed by atoms with van der Waals surface area (Å²) in [6, 6.07) is 10.8. The quantitative estimate of drug-likeness (QED) is 0.872. The molecule has 1 heterocycles. The van der Waals surface area contributed by atoms with Crippen LogP contribution >= 0.6 is 15.9 Å². The molecule has 0 aliphatic rings. The van der Waals surface area contributed by atoms with Gasteiger partial charge in [-0.05, 0) is 52.3 Å². The second-order valence-corrected chi connectivity index (χ2v) is 6.11. The third-order valence-electron chi connectivity index (χ3n) is 2.27. The number of pyridine rings is 1. The van der Waals surface area contributed by atoms with Gasteiger partial charge in [-0.2, -0.15) is 5.26 Å². The number of benzene rings is 1. The Kier molecular flexibility index (Phi) is 3.83. The fraction of sp³-hybridized carbons (Fsp3) is 0. The topological polar surface area (TPSA) is 82.8 Å². The number of hydrogen-bond acceptors (Lipinski definition) is 4. The average Bonchev–Trinajstić information content (AvgIpc) is 2.41. The van der Waals surface area contributed by atoms with Crippen LogP contribution in [-0.2, 0) is 10.0 Å².